The third kappa shape index (κ3) is 15.5. The van der Waals surface area contributed by atoms with E-state index in [1.54, 1.807) is 0 Å². The highest BCUT2D eigenvalue weighted by atomic mass is 31.2. The summed E-state index contributed by atoms with van der Waals surface area (Å²) in [5.74, 6) is -0.849. The van der Waals surface area contributed by atoms with Crippen molar-refractivity contribution in [2.75, 3.05) is 50.2 Å². The van der Waals surface area contributed by atoms with Gasteiger partial charge in [0.25, 0.3) is 16.7 Å². The van der Waals surface area contributed by atoms with Gasteiger partial charge < -0.3 is 86.0 Å². The van der Waals surface area contributed by atoms with Crippen LogP contribution in [0.1, 0.15) is 55.1 Å². The quantitative estimate of drug-likeness (QED) is 0.0225. The van der Waals surface area contributed by atoms with E-state index in [4.69, 9.17) is 77.1 Å². The van der Waals surface area contributed by atoms with Crippen molar-refractivity contribution in [3.8, 4) is 0 Å². The Morgan fingerprint density at radius 1 is 0.529 bits per heavy atom. The highest BCUT2D eigenvalue weighted by molar-refractivity contribution is 7.48. The molecule has 22 atom stereocenters. The number of imidazole rings is 2. The van der Waals surface area contributed by atoms with Crippen molar-refractivity contribution in [3.05, 3.63) is 117 Å². The molecule has 7 aromatic heterocycles. The average molecular weight is 1530 g/mol. The molecule has 0 saturated carbocycles. The van der Waals surface area contributed by atoms with Gasteiger partial charge in [-0.3, -0.25) is 88.4 Å². The van der Waals surface area contributed by atoms with E-state index < -0.39 is 226 Å². The van der Waals surface area contributed by atoms with E-state index in [0.717, 1.165) is 51.1 Å². The monoisotopic (exact) mass is 1530 g/mol. The number of fused-ring (bicyclic) bond motifs is 2. The molecule has 0 spiro atoms. The van der Waals surface area contributed by atoms with Gasteiger partial charge in [0.05, 0.1) is 51.8 Å². The fraction of sp³-hybridized carbons (Fsp3) is 0.551. The van der Waals surface area contributed by atoms with Gasteiger partial charge in [-0.2, -0.15) is 9.97 Å². The van der Waals surface area contributed by atoms with Crippen LogP contribution in [0.4, 0.5) is 17.6 Å². The van der Waals surface area contributed by atoms with Crippen molar-refractivity contribution < 1.29 is 123 Å². The number of hydrogen-bond donors (Lipinski definition) is 15. The molecule has 12 unspecified atom stereocenters. The molecule has 5 saturated heterocycles. The second-order valence-electron chi connectivity index (χ2n) is 23.4. The number of nitrogens with zero attached hydrogens (tertiary/aromatic N) is 11. The van der Waals surface area contributed by atoms with Crippen molar-refractivity contribution in [1.82, 2.24) is 67.7 Å². The van der Waals surface area contributed by atoms with Gasteiger partial charge in [-0.05, 0) is 19.9 Å². The molecule has 556 valence electrons. The lowest BCUT2D eigenvalue weighted by Gasteiger charge is -2.27. The number of aryl methyl sites for hydroxylation is 2. The van der Waals surface area contributed by atoms with Crippen LogP contribution in [0.15, 0.2) is 72.4 Å². The lowest BCUT2D eigenvalue weighted by Crippen LogP contribution is -2.39. The van der Waals surface area contributed by atoms with Crippen LogP contribution in [0, 0.1) is 13.8 Å². The third-order valence-corrected chi connectivity index (χ3v) is 20.5. The van der Waals surface area contributed by atoms with Crippen LogP contribution >= 0.6 is 31.3 Å². The Morgan fingerprint density at radius 2 is 0.990 bits per heavy atom. The first-order valence-corrected chi connectivity index (χ1v) is 35.9. The number of phosphoric acid groups is 4. The molecule has 5 aliphatic heterocycles. The van der Waals surface area contributed by atoms with Crippen molar-refractivity contribution in [2.24, 2.45) is 0 Å². The molecule has 18 N–H and O–H groups in total. The summed E-state index contributed by atoms with van der Waals surface area (Å²) < 4.78 is 132. The molecule has 49 nitrogen and oxygen atoms in total. The molecule has 12 heterocycles. The number of hydrogen-bond acceptors (Lipinski definition) is 37. The third-order valence-electron chi connectivity index (χ3n) is 16.6. The average Bonchev–Trinajstić information content (AvgIpc) is 1.62. The Morgan fingerprint density at radius 3 is 1.53 bits per heavy atom. The molecule has 0 amide bonds. The smallest absolute Gasteiger partial charge is 0.394 e. The zero-order chi connectivity index (χ0) is 73.4. The van der Waals surface area contributed by atoms with Crippen LogP contribution in [0.3, 0.4) is 0 Å². The van der Waals surface area contributed by atoms with Crippen LogP contribution in [-0.2, 0) is 78.1 Å². The highest BCUT2D eigenvalue weighted by Gasteiger charge is 2.55. The van der Waals surface area contributed by atoms with Crippen molar-refractivity contribution in [1.29, 1.82) is 0 Å². The molecule has 0 bridgehead atoms. The fourth-order valence-electron chi connectivity index (χ4n) is 11.7. The van der Waals surface area contributed by atoms with Crippen molar-refractivity contribution >= 4 is 71.2 Å². The van der Waals surface area contributed by atoms with Gasteiger partial charge in [0.2, 0.25) is 5.95 Å². The second kappa shape index (κ2) is 28.9. The summed E-state index contributed by atoms with van der Waals surface area (Å²) in [6.07, 6.45) is -27.4. The first-order valence-electron chi connectivity index (χ1n) is 29.9. The SMILES string of the molecule is Cc1cn([C@H]2CC(O)[C@@H](COP(=O)(O)OC3C[C@H](n4cc(C)c(=O)[nH]c4=O)O[C@@H]3COP(=O)(O)OC3C(O)[C@H](n4cnc5c(=O)[nH]c(N)nc54)O[C@@H]3COP(=O)(O)OC3C(O)[C@H](n4ccc(N)nc4=O)O[C@@H]3COP(=O)(O)OC3C(O)[C@H](n4cnc5c(N)ncnc54)O[C@@H]3CO)O2)c(=O)[nH]c1=O. The van der Waals surface area contributed by atoms with Crippen molar-refractivity contribution in [3.63, 3.8) is 0 Å². The van der Waals surface area contributed by atoms with Crippen LogP contribution in [0.5, 0.6) is 0 Å². The second-order valence-corrected chi connectivity index (χ2v) is 29.0. The van der Waals surface area contributed by atoms with E-state index in [0.29, 0.717) is 4.57 Å². The van der Waals surface area contributed by atoms with Crippen molar-refractivity contribution in [2.45, 2.75) is 137 Å². The van der Waals surface area contributed by atoms with Gasteiger partial charge in [-0.1, -0.05) is 0 Å². The number of rotatable bonds is 26. The molecule has 5 fully saturated rings. The minimum atomic E-state index is -5.85. The Balaban J connectivity index is 0.760. The Kier molecular flexibility index (Phi) is 21.1. The number of phosphoric ester groups is 4. The van der Waals surface area contributed by atoms with E-state index in [1.165, 1.54) is 24.6 Å². The Hall–Kier alpha value is -7.42. The number of nitrogen functional groups attached to an aromatic ring is 3. The van der Waals surface area contributed by atoms with Crippen LogP contribution in [0.2, 0.25) is 0 Å². The van der Waals surface area contributed by atoms with Crippen LogP contribution in [0.25, 0.3) is 22.3 Å². The maximum absolute atomic E-state index is 14.3. The number of nitrogens with one attached hydrogen (secondary N) is 3. The number of ether oxygens (including phenoxy) is 5. The summed E-state index contributed by atoms with van der Waals surface area (Å²) >= 11 is 0. The zero-order valence-corrected chi connectivity index (χ0v) is 55.8. The summed E-state index contributed by atoms with van der Waals surface area (Å²) in [5, 5.41) is 56.1. The maximum atomic E-state index is 14.3. The number of anilines is 3. The summed E-state index contributed by atoms with van der Waals surface area (Å²) in [7, 11) is -22.6. The maximum Gasteiger partial charge on any atom is 0.472 e. The summed E-state index contributed by atoms with van der Waals surface area (Å²) in [6, 6.07) is 1.08. The minimum Gasteiger partial charge on any atom is -0.394 e. The van der Waals surface area contributed by atoms with Gasteiger partial charge in [0.1, 0.15) is 103 Å². The number of H-pyrrole nitrogens is 3. The largest absolute Gasteiger partial charge is 0.472 e. The summed E-state index contributed by atoms with van der Waals surface area (Å²) in [6.45, 7) is -2.89. The molecule has 53 heteroatoms. The molecule has 12 rings (SSSR count). The van der Waals surface area contributed by atoms with E-state index in [2.05, 4.69) is 39.9 Å². The van der Waals surface area contributed by atoms with Gasteiger partial charge in [-0.25, -0.2) is 52.6 Å². The fourth-order valence-corrected chi connectivity index (χ4v) is 15.5. The lowest BCUT2D eigenvalue weighted by molar-refractivity contribution is -0.0648. The Labute approximate surface area is 565 Å². The number of nitrogens with two attached hydrogens (primary N) is 3. The normalized spacial score (nSPS) is 31.4. The van der Waals surface area contributed by atoms with Gasteiger partial charge in [0, 0.05) is 42.6 Å². The molecule has 5 aliphatic rings. The number of aromatic nitrogens is 14. The van der Waals surface area contributed by atoms with E-state index in [-0.39, 0.29) is 46.0 Å². The summed E-state index contributed by atoms with van der Waals surface area (Å²) in [4.78, 5) is 151. The minimum absolute atomic E-state index is 0.0299. The van der Waals surface area contributed by atoms with E-state index in [1.807, 2.05) is 4.98 Å². The van der Waals surface area contributed by atoms with Gasteiger partial charge in [-0.15, -0.1) is 0 Å². The number of aliphatic hydroxyl groups excluding tert-OH is 5. The first kappa shape index (κ1) is 74.3. The molecule has 102 heavy (non-hydrogen) atoms. The van der Waals surface area contributed by atoms with E-state index in [9.17, 15) is 92.1 Å². The molecular formula is C49H63N17O32P4. The molecule has 7 aromatic rings. The topological polar surface area (TPSA) is 700 Å². The molecule has 0 radical (unpaired) electrons. The van der Waals surface area contributed by atoms with Gasteiger partial charge >= 0.3 is 48.4 Å². The van der Waals surface area contributed by atoms with Crippen LogP contribution in [-0.4, -0.2) is 225 Å². The molecule has 0 aromatic carbocycles. The molecular weight excluding hydrogens is 1460 g/mol. The van der Waals surface area contributed by atoms with Gasteiger partial charge in [0.15, 0.2) is 41.3 Å². The first-order chi connectivity index (χ1) is 48.1. The molecule has 0 aliphatic carbocycles. The van der Waals surface area contributed by atoms with Crippen LogP contribution < -0.4 is 50.9 Å². The highest BCUT2D eigenvalue weighted by Crippen LogP contribution is 2.55. The summed E-state index contributed by atoms with van der Waals surface area (Å²) in [5.41, 5.74) is 11.2. The number of aliphatic hydroxyl groups is 5. The standard InChI is InChI=1S/C49H63N17O32P4/c1-17-7-63(48(76)60-40(17)72)27-5-19(68)22(90-27)10-86-99(78,79)95-20-6-28(64-8-18(2)41(73)61-49(64)77)91-23(20)11-87-100(80,81)98-36-25(94-45(33(36)71)66-16-56-30-39(66)58-46(52)59-42(30)74)13-89-102(84,85)97-35-24(93-43(32(35)70)62-4-3-26(50)57-47(62)75)12-88-101(82,83)96-34-21(9-67)92-44(31(34)69)65-15-55-29-37(51)53-14-54-38(29)65/h3-4,7-8,14-16,19-25,27-28,31-36,43-45,67-71H,5-6,9-13H2,1-2H3,(H,78,79)(H,80,81)(H,82,83)(H,84,85)(H2,50,57,75)(H2,51,53,54)(H,60,72,76)(H,61,73,77)(H3,52,58,59,74)/t19?,20?,21-,22-,23-,24-,25-,27-,28-,31?,32?,33?,34?,35?,36?,43-,44-,45-/m1/s1. The van der Waals surface area contributed by atoms with E-state index >= 15 is 0 Å². The number of aromatic amines is 3. The predicted molar refractivity (Wildman–Crippen MR) is 330 cm³/mol. The zero-order valence-electron chi connectivity index (χ0n) is 52.2. The predicted octanol–water partition coefficient (Wildman–Crippen LogP) is -5.61. The lowest BCUT2D eigenvalue weighted by atomic mass is 10.1. The Bertz CT molecular complexity index is 4900.